The van der Waals surface area contributed by atoms with E-state index in [1.807, 2.05) is 32.0 Å². The molecule has 9 nitrogen and oxygen atoms in total. The second kappa shape index (κ2) is 8.69. The van der Waals surface area contributed by atoms with E-state index in [1.54, 1.807) is 12.3 Å². The Morgan fingerprint density at radius 1 is 1.18 bits per heavy atom. The highest BCUT2D eigenvalue weighted by atomic mass is 19.4. The average molecular weight is 524 g/mol. The Balaban J connectivity index is 1.19. The van der Waals surface area contributed by atoms with E-state index in [4.69, 9.17) is 4.74 Å². The molecule has 0 radical (unpaired) electrons. The highest BCUT2D eigenvalue weighted by Crippen LogP contribution is 2.39. The fourth-order valence-corrected chi connectivity index (χ4v) is 4.98. The van der Waals surface area contributed by atoms with Gasteiger partial charge in [-0.2, -0.15) is 18.2 Å². The highest BCUT2D eigenvalue weighted by Gasteiger charge is 2.39. The predicted molar refractivity (Wildman–Crippen MR) is 133 cm³/mol. The van der Waals surface area contributed by atoms with Crippen LogP contribution < -0.4 is 20.7 Å². The second-order valence-electron chi connectivity index (χ2n) is 9.92. The summed E-state index contributed by atoms with van der Waals surface area (Å²) >= 11 is 0. The summed E-state index contributed by atoms with van der Waals surface area (Å²) in [5.74, 6) is 0.467. The van der Waals surface area contributed by atoms with Gasteiger partial charge in [-0.05, 0) is 43.2 Å². The number of ether oxygens (including phenoxy) is 1. The molecule has 3 N–H and O–H groups in total. The van der Waals surface area contributed by atoms with Gasteiger partial charge in [0.05, 0.1) is 11.0 Å². The molecule has 2 aliphatic heterocycles. The third-order valence-electron chi connectivity index (χ3n) is 7.00. The van der Waals surface area contributed by atoms with Crippen LogP contribution in [0.2, 0.25) is 0 Å². The molecule has 2 aromatic carbocycles. The highest BCUT2D eigenvalue weighted by molar-refractivity contribution is 6.06. The summed E-state index contributed by atoms with van der Waals surface area (Å²) in [6.45, 7) is 4.10. The lowest BCUT2D eigenvalue weighted by Gasteiger charge is -2.18. The zero-order valence-corrected chi connectivity index (χ0v) is 20.5. The third-order valence-corrected chi connectivity index (χ3v) is 7.00. The number of nitrogens with zero attached hydrogens (tertiary/aromatic N) is 4. The number of carbonyl (C=O) groups excluding carboxylic acids is 1. The monoisotopic (exact) mass is 523 g/mol. The molecule has 0 unspecified atom stereocenters. The number of alkyl halides is 3. The Morgan fingerprint density at radius 2 is 2.00 bits per heavy atom. The second-order valence-corrected chi connectivity index (χ2v) is 9.92. The van der Waals surface area contributed by atoms with Crippen molar-refractivity contribution in [1.82, 2.24) is 24.9 Å². The Labute approximate surface area is 215 Å². The van der Waals surface area contributed by atoms with E-state index in [0.29, 0.717) is 30.2 Å². The summed E-state index contributed by atoms with van der Waals surface area (Å²) < 4.78 is 48.0. The first-order chi connectivity index (χ1) is 18.1. The lowest BCUT2D eigenvalue weighted by molar-refractivity contribution is -0.138. The van der Waals surface area contributed by atoms with Crippen LogP contribution in [0.5, 0.6) is 5.88 Å². The molecular formula is C26H24F3N7O2. The molecule has 2 atom stereocenters. The van der Waals surface area contributed by atoms with E-state index >= 15 is 0 Å². The molecule has 1 fully saturated rings. The molecule has 2 aliphatic rings. The first-order valence-electron chi connectivity index (χ1n) is 12.1. The van der Waals surface area contributed by atoms with E-state index in [1.165, 1.54) is 22.8 Å². The maximum Gasteiger partial charge on any atom is 0.416 e. The van der Waals surface area contributed by atoms with Crippen molar-refractivity contribution in [2.75, 3.05) is 17.2 Å². The van der Waals surface area contributed by atoms with Gasteiger partial charge in [-0.25, -0.2) is 9.50 Å². The zero-order valence-electron chi connectivity index (χ0n) is 20.5. The van der Waals surface area contributed by atoms with Crippen LogP contribution in [-0.2, 0) is 16.4 Å². The molecule has 6 rings (SSSR count). The molecule has 1 amide bonds. The summed E-state index contributed by atoms with van der Waals surface area (Å²) in [5.41, 5.74) is 1.65. The SMILES string of the molecule is CC1(C)C(=O)Nc2cc(Nc3nc4c(O[C@@H]5CN[C@@H](c6ccccc6C(F)(F)F)C5)nccn4n3)ccc21. The number of fused-ring (bicyclic) bond motifs is 2. The van der Waals surface area contributed by atoms with Gasteiger partial charge in [-0.3, -0.25) is 4.79 Å². The number of hydrogen-bond donors (Lipinski definition) is 3. The number of benzene rings is 2. The number of halogens is 3. The minimum atomic E-state index is -4.43. The molecule has 0 spiro atoms. The van der Waals surface area contributed by atoms with E-state index in [0.717, 1.165) is 17.3 Å². The van der Waals surface area contributed by atoms with E-state index in [2.05, 4.69) is 31.0 Å². The first kappa shape index (κ1) is 24.2. The molecule has 0 saturated carbocycles. The fourth-order valence-electron chi connectivity index (χ4n) is 4.98. The zero-order chi connectivity index (χ0) is 26.7. The summed E-state index contributed by atoms with van der Waals surface area (Å²) in [6, 6.07) is 10.6. The smallest absolute Gasteiger partial charge is 0.416 e. The van der Waals surface area contributed by atoms with Crippen LogP contribution in [0.1, 0.15) is 43.0 Å². The fraction of sp³-hybridized carbons (Fsp3) is 0.308. The van der Waals surface area contributed by atoms with Gasteiger partial charge in [-0.15, -0.1) is 5.10 Å². The summed E-state index contributed by atoms with van der Waals surface area (Å²) in [4.78, 5) is 21.0. The summed E-state index contributed by atoms with van der Waals surface area (Å²) in [5, 5.41) is 13.6. The third kappa shape index (κ3) is 4.20. The maximum atomic E-state index is 13.5. The molecule has 1 saturated heterocycles. The summed E-state index contributed by atoms with van der Waals surface area (Å²) in [7, 11) is 0. The van der Waals surface area contributed by atoms with Gasteiger partial charge in [0.1, 0.15) is 6.10 Å². The van der Waals surface area contributed by atoms with Crippen molar-refractivity contribution in [3.8, 4) is 5.88 Å². The lowest BCUT2D eigenvalue weighted by atomic mass is 9.86. The summed E-state index contributed by atoms with van der Waals surface area (Å²) in [6.07, 6.45) is -1.35. The van der Waals surface area contributed by atoms with Crippen molar-refractivity contribution in [2.45, 2.75) is 44.0 Å². The molecule has 0 aliphatic carbocycles. The number of rotatable bonds is 5. The van der Waals surface area contributed by atoms with Crippen LogP contribution in [0.3, 0.4) is 0 Å². The van der Waals surface area contributed by atoms with Crippen LogP contribution in [0.15, 0.2) is 54.9 Å². The van der Waals surface area contributed by atoms with Crippen molar-refractivity contribution in [3.63, 3.8) is 0 Å². The molecule has 196 valence electrons. The van der Waals surface area contributed by atoms with Crippen LogP contribution in [0.4, 0.5) is 30.5 Å². The Morgan fingerprint density at radius 3 is 2.82 bits per heavy atom. The van der Waals surface area contributed by atoms with Gasteiger partial charge in [0.25, 0.3) is 5.88 Å². The van der Waals surface area contributed by atoms with Gasteiger partial charge in [0.15, 0.2) is 0 Å². The lowest BCUT2D eigenvalue weighted by Crippen LogP contribution is -2.26. The Bertz CT molecular complexity index is 1550. The van der Waals surface area contributed by atoms with Crippen molar-refractivity contribution >= 4 is 28.9 Å². The molecular weight excluding hydrogens is 499 g/mol. The van der Waals surface area contributed by atoms with Crippen LogP contribution >= 0.6 is 0 Å². The normalized spacial score (nSPS) is 20.4. The number of nitrogens with one attached hydrogen (secondary N) is 3. The van der Waals surface area contributed by atoms with Crippen LogP contribution in [-0.4, -0.2) is 38.1 Å². The average Bonchev–Trinajstić information content (AvgIpc) is 3.55. The minimum absolute atomic E-state index is 0.0612. The van der Waals surface area contributed by atoms with Gasteiger partial charge in [0, 0.05) is 42.8 Å². The molecule has 38 heavy (non-hydrogen) atoms. The van der Waals surface area contributed by atoms with Crippen LogP contribution in [0, 0.1) is 0 Å². The van der Waals surface area contributed by atoms with Crippen molar-refractivity contribution in [2.24, 2.45) is 0 Å². The molecule has 0 bridgehead atoms. The van der Waals surface area contributed by atoms with E-state index in [-0.39, 0.29) is 17.4 Å². The number of carbonyl (C=O) groups is 1. The number of amides is 1. The number of aromatic nitrogens is 4. The molecule has 4 heterocycles. The van der Waals surface area contributed by atoms with E-state index in [9.17, 15) is 18.0 Å². The van der Waals surface area contributed by atoms with E-state index < -0.39 is 29.3 Å². The van der Waals surface area contributed by atoms with Gasteiger partial charge in [0.2, 0.25) is 17.5 Å². The molecule has 12 heteroatoms. The largest absolute Gasteiger partial charge is 0.470 e. The number of anilines is 3. The minimum Gasteiger partial charge on any atom is -0.470 e. The Kier molecular flexibility index (Phi) is 5.53. The standard InChI is InChI=1S/C26H24F3N7O2/c1-25(2)18-8-7-14(11-20(18)33-23(25)37)32-24-34-21-22(30-9-10-36(21)35-24)38-15-12-19(31-13-15)16-5-3-4-6-17(16)26(27,28)29/h3-11,15,19,31H,12-13H2,1-2H3,(H,32,35)(H,33,37)/t15-,19+/m0/s1. The molecule has 4 aromatic rings. The van der Waals surface area contributed by atoms with Gasteiger partial charge in [-0.1, -0.05) is 24.3 Å². The van der Waals surface area contributed by atoms with Crippen molar-refractivity contribution in [1.29, 1.82) is 0 Å². The van der Waals surface area contributed by atoms with Crippen LogP contribution in [0.25, 0.3) is 5.65 Å². The van der Waals surface area contributed by atoms with Gasteiger partial charge >= 0.3 is 6.18 Å². The van der Waals surface area contributed by atoms with Crippen molar-refractivity contribution in [3.05, 3.63) is 71.5 Å². The maximum absolute atomic E-state index is 13.5. The van der Waals surface area contributed by atoms with Gasteiger partial charge < -0.3 is 20.7 Å². The predicted octanol–water partition coefficient (Wildman–Crippen LogP) is 4.60. The Hall–Kier alpha value is -4.19. The first-order valence-corrected chi connectivity index (χ1v) is 12.1. The van der Waals surface area contributed by atoms with Crippen molar-refractivity contribution < 1.29 is 22.7 Å². The number of hydrogen-bond acceptors (Lipinski definition) is 7. The topological polar surface area (TPSA) is 105 Å². The molecule has 2 aromatic heterocycles. The quantitative estimate of drug-likeness (QED) is 0.351.